The maximum atomic E-state index is 9.37. The summed E-state index contributed by atoms with van der Waals surface area (Å²) in [7, 11) is 1.94. The van der Waals surface area contributed by atoms with Crippen molar-refractivity contribution in [1.82, 2.24) is 10.3 Å². The number of anilines is 1. The zero-order valence-electron chi connectivity index (χ0n) is 11.1. The molecule has 1 aromatic rings. The van der Waals surface area contributed by atoms with Crippen molar-refractivity contribution < 1.29 is 5.11 Å². The summed E-state index contributed by atoms with van der Waals surface area (Å²) >= 11 is 0. The zero-order chi connectivity index (χ0) is 12.8. The van der Waals surface area contributed by atoms with Gasteiger partial charge in [0.05, 0.1) is 6.10 Å². The maximum absolute atomic E-state index is 9.37. The smallest absolute Gasteiger partial charge is 0.128 e. The summed E-state index contributed by atoms with van der Waals surface area (Å²) in [6, 6.07) is 4.41. The molecule has 96 valence electrons. The fourth-order valence-corrected chi connectivity index (χ4v) is 1.83. The van der Waals surface area contributed by atoms with Gasteiger partial charge in [-0.3, -0.25) is 0 Å². The van der Waals surface area contributed by atoms with Crippen LogP contribution in [0, 0.1) is 0 Å². The molecule has 2 N–H and O–H groups in total. The van der Waals surface area contributed by atoms with E-state index in [1.807, 2.05) is 24.2 Å². The van der Waals surface area contributed by atoms with Crippen LogP contribution in [0.15, 0.2) is 18.3 Å². The van der Waals surface area contributed by atoms with Crippen LogP contribution in [0.25, 0.3) is 0 Å². The van der Waals surface area contributed by atoms with E-state index in [-0.39, 0.29) is 6.10 Å². The van der Waals surface area contributed by atoms with E-state index in [1.165, 1.54) is 5.56 Å². The molecule has 0 radical (unpaired) electrons. The van der Waals surface area contributed by atoms with Crippen LogP contribution in [0.1, 0.15) is 32.4 Å². The van der Waals surface area contributed by atoms with Gasteiger partial charge in [-0.25, -0.2) is 4.98 Å². The number of nitrogens with one attached hydrogen (secondary N) is 1. The van der Waals surface area contributed by atoms with Crippen molar-refractivity contribution in [1.29, 1.82) is 0 Å². The Morgan fingerprint density at radius 2 is 2.18 bits per heavy atom. The van der Waals surface area contributed by atoms with Gasteiger partial charge in [0.1, 0.15) is 5.82 Å². The van der Waals surface area contributed by atoms with E-state index in [0.717, 1.165) is 12.4 Å². The van der Waals surface area contributed by atoms with Crippen LogP contribution in [0.5, 0.6) is 0 Å². The molecule has 0 aromatic carbocycles. The number of aliphatic hydroxyl groups is 1. The minimum atomic E-state index is -0.350. The Labute approximate surface area is 104 Å². The molecule has 0 spiro atoms. The van der Waals surface area contributed by atoms with Gasteiger partial charge in [0.2, 0.25) is 0 Å². The Balaban J connectivity index is 2.77. The van der Waals surface area contributed by atoms with Crippen molar-refractivity contribution in [3.05, 3.63) is 23.9 Å². The van der Waals surface area contributed by atoms with Gasteiger partial charge in [0, 0.05) is 25.8 Å². The predicted octanol–water partition coefficient (Wildman–Crippen LogP) is 1.57. The van der Waals surface area contributed by atoms with Crippen LogP contribution in [0.4, 0.5) is 5.82 Å². The molecule has 0 aliphatic heterocycles. The second kappa shape index (κ2) is 6.57. The van der Waals surface area contributed by atoms with Gasteiger partial charge < -0.3 is 15.3 Å². The highest BCUT2D eigenvalue weighted by Gasteiger charge is 2.09. The molecule has 2 atom stereocenters. The van der Waals surface area contributed by atoms with Gasteiger partial charge in [0.25, 0.3) is 0 Å². The summed E-state index contributed by atoms with van der Waals surface area (Å²) < 4.78 is 0. The molecule has 1 aromatic heterocycles. The molecule has 4 nitrogen and oxygen atoms in total. The summed E-state index contributed by atoms with van der Waals surface area (Å²) in [5, 5.41) is 12.7. The highest BCUT2D eigenvalue weighted by atomic mass is 16.3. The average Bonchev–Trinajstić information content (AvgIpc) is 2.28. The molecule has 17 heavy (non-hydrogen) atoms. The van der Waals surface area contributed by atoms with Crippen LogP contribution in [-0.4, -0.2) is 36.3 Å². The fraction of sp³-hybridized carbons (Fsp3) is 0.615. The number of hydrogen-bond donors (Lipinski definition) is 2. The summed E-state index contributed by atoms with van der Waals surface area (Å²) in [5.74, 6) is 0.896. The number of likely N-dealkylation sites (N-methyl/N-ethyl adjacent to an activating group) is 1. The predicted molar refractivity (Wildman–Crippen MR) is 71.3 cm³/mol. The van der Waals surface area contributed by atoms with Gasteiger partial charge in [-0.05, 0) is 38.1 Å². The second-order valence-corrected chi connectivity index (χ2v) is 4.46. The lowest BCUT2D eigenvalue weighted by atomic mass is 10.1. The number of nitrogens with zero attached hydrogens (tertiary/aromatic N) is 2. The molecule has 0 aliphatic rings. The Morgan fingerprint density at radius 3 is 2.76 bits per heavy atom. The summed E-state index contributed by atoms with van der Waals surface area (Å²) in [4.78, 5) is 6.29. The van der Waals surface area contributed by atoms with E-state index >= 15 is 0 Å². The van der Waals surface area contributed by atoms with Crippen molar-refractivity contribution in [3.8, 4) is 0 Å². The molecule has 0 aliphatic carbocycles. The van der Waals surface area contributed by atoms with Crippen LogP contribution < -0.4 is 10.2 Å². The molecule has 0 fully saturated rings. The van der Waals surface area contributed by atoms with E-state index in [9.17, 15) is 5.11 Å². The van der Waals surface area contributed by atoms with E-state index in [1.54, 1.807) is 6.92 Å². The molecule has 0 bridgehead atoms. The van der Waals surface area contributed by atoms with E-state index in [2.05, 4.69) is 30.2 Å². The molecule has 0 saturated heterocycles. The van der Waals surface area contributed by atoms with Crippen molar-refractivity contribution in [2.24, 2.45) is 0 Å². The lowest BCUT2D eigenvalue weighted by molar-refractivity contribution is 0.201. The monoisotopic (exact) mass is 237 g/mol. The maximum Gasteiger partial charge on any atom is 0.128 e. The number of aliphatic hydroxyl groups excluding tert-OH is 1. The molecule has 0 amide bonds. The average molecular weight is 237 g/mol. The van der Waals surface area contributed by atoms with Gasteiger partial charge in [-0.2, -0.15) is 0 Å². The van der Waals surface area contributed by atoms with Gasteiger partial charge in [-0.15, -0.1) is 0 Å². The van der Waals surface area contributed by atoms with Crippen molar-refractivity contribution >= 4 is 5.82 Å². The molecule has 1 heterocycles. The first-order chi connectivity index (χ1) is 8.04. The van der Waals surface area contributed by atoms with Gasteiger partial charge >= 0.3 is 0 Å². The third-order valence-electron chi connectivity index (χ3n) is 2.71. The second-order valence-electron chi connectivity index (χ2n) is 4.46. The number of hydrogen-bond acceptors (Lipinski definition) is 4. The molecular formula is C13H23N3O. The van der Waals surface area contributed by atoms with Crippen molar-refractivity contribution in [3.63, 3.8) is 0 Å². The van der Waals surface area contributed by atoms with E-state index in [0.29, 0.717) is 12.6 Å². The highest BCUT2D eigenvalue weighted by Crippen LogP contribution is 2.17. The third kappa shape index (κ3) is 4.32. The van der Waals surface area contributed by atoms with E-state index in [4.69, 9.17) is 0 Å². The van der Waals surface area contributed by atoms with Crippen LogP contribution in [-0.2, 0) is 0 Å². The topological polar surface area (TPSA) is 48.4 Å². The third-order valence-corrected chi connectivity index (χ3v) is 2.71. The Kier molecular flexibility index (Phi) is 5.38. The van der Waals surface area contributed by atoms with Gasteiger partial charge in [-0.1, -0.05) is 6.92 Å². The summed E-state index contributed by atoms with van der Waals surface area (Å²) in [6.07, 6.45) is 1.47. The molecule has 1 rings (SSSR count). The van der Waals surface area contributed by atoms with Crippen LogP contribution in [0.2, 0.25) is 0 Å². The van der Waals surface area contributed by atoms with Crippen molar-refractivity contribution in [2.45, 2.75) is 32.9 Å². The SMILES string of the molecule is CCNC(C)c1ccnc(N(C)CC(C)O)c1. The Morgan fingerprint density at radius 1 is 1.47 bits per heavy atom. The normalized spacial score (nSPS) is 14.4. The number of rotatable bonds is 6. The Hall–Kier alpha value is -1.13. The molecule has 2 unspecified atom stereocenters. The fourth-order valence-electron chi connectivity index (χ4n) is 1.83. The molecule has 4 heteroatoms. The first kappa shape index (κ1) is 13.9. The molecule has 0 saturated carbocycles. The van der Waals surface area contributed by atoms with Gasteiger partial charge in [0.15, 0.2) is 0 Å². The minimum Gasteiger partial charge on any atom is -0.392 e. The lowest BCUT2D eigenvalue weighted by Gasteiger charge is -2.21. The van der Waals surface area contributed by atoms with Crippen LogP contribution in [0.3, 0.4) is 0 Å². The minimum absolute atomic E-state index is 0.321. The number of pyridine rings is 1. The van der Waals surface area contributed by atoms with Crippen LogP contribution >= 0.6 is 0 Å². The standard InChI is InChI=1S/C13H23N3O/c1-5-14-11(3)12-6-7-15-13(8-12)16(4)9-10(2)17/h6-8,10-11,14,17H,5,9H2,1-4H3. The quantitative estimate of drug-likeness (QED) is 0.788. The number of aromatic nitrogens is 1. The zero-order valence-corrected chi connectivity index (χ0v) is 11.1. The first-order valence-corrected chi connectivity index (χ1v) is 6.13. The molecular weight excluding hydrogens is 214 g/mol. The largest absolute Gasteiger partial charge is 0.392 e. The van der Waals surface area contributed by atoms with E-state index < -0.39 is 0 Å². The summed E-state index contributed by atoms with van der Waals surface area (Å²) in [5.41, 5.74) is 1.22. The lowest BCUT2D eigenvalue weighted by Crippen LogP contribution is -2.28. The Bertz CT molecular complexity index is 341. The first-order valence-electron chi connectivity index (χ1n) is 6.13. The van der Waals surface area contributed by atoms with Crippen molar-refractivity contribution in [2.75, 3.05) is 25.0 Å². The highest BCUT2D eigenvalue weighted by molar-refractivity contribution is 5.41. The summed E-state index contributed by atoms with van der Waals surface area (Å²) in [6.45, 7) is 7.55.